The van der Waals surface area contributed by atoms with E-state index in [-0.39, 0.29) is 30.8 Å². The Morgan fingerprint density at radius 2 is 1.72 bits per heavy atom. The molecule has 7 heteroatoms. The van der Waals surface area contributed by atoms with Crippen molar-refractivity contribution in [2.24, 2.45) is 0 Å². The van der Waals surface area contributed by atoms with Crippen LogP contribution in [0.2, 0.25) is 5.02 Å². The van der Waals surface area contributed by atoms with Crippen molar-refractivity contribution in [2.75, 3.05) is 19.6 Å². The van der Waals surface area contributed by atoms with Crippen LogP contribution >= 0.6 is 11.6 Å². The van der Waals surface area contributed by atoms with Crippen LogP contribution in [0.1, 0.15) is 41.3 Å². The second kappa shape index (κ2) is 8.50. The SMILES string of the molecule is C[C@]12C(=O)N(C[C@@H](O)c3ccccc3)CC(=O)N1C[C@@H](c1ccccc1Cl)c1c2[nH]c2ccccc12. The first-order chi connectivity index (χ1) is 17.4. The summed E-state index contributed by atoms with van der Waals surface area (Å²) in [6, 6.07) is 24.8. The first-order valence-corrected chi connectivity index (χ1v) is 12.5. The van der Waals surface area contributed by atoms with Gasteiger partial charge in [0.25, 0.3) is 5.91 Å². The van der Waals surface area contributed by atoms with Crippen LogP contribution in [0.3, 0.4) is 0 Å². The van der Waals surface area contributed by atoms with Crippen LogP contribution in [0.4, 0.5) is 0 Å². The molecule has 182 valence electrons. The van der Waals surface area contributed by atoms with E-state index in [1.807, 2.05) is 85.8 Å². The topological polar surface area (TPSA) is 76.6 Å². The van der Waals surface area contributed by atoms with Gasteiger partial charge < -0.3 is 19.9 Å². The molecular formula is C29H26ClN3O3. The third-order valence-corrected chi connectivity index (χ3v) is 8.02. The summed E-state index contributed by atoms with van der Waals surface area (Å²) in [6.45, 7) is 2.12. The minimum atomic E-state index is -1.22. The van der Waals surface area contributed by atoms with Crippen molar-refractivity contribution < 1.29 is 14.7 Å². The lowest BCUT2D eigenvalue weighted by Crippen LogP contribution is -2.67. The Balaban J connectivity index is 1.48. The highest BCUT2D eigenvalue weighted by Gasteiger charge is 2.56. The van der Waals surface area contributed by atoms with Crippen molar-refractivity contribution in [1.29, 1.82) is 0 Å². The fourth-order valence-electron chi connectivity index (χ4n) is 5.85. The van der Waals surface area contributed by atoms with Crippen LogP contribution in [-0.4, -0.2) is 51.3 Å². The van der Waals surface area contributed by atoms with Gasteiger partial charge in [0.05, 0.1) is 24.9 Å². The van der Waals surface area contributed by atoms with Crippen molar-refractivity contribution in [3.63, 3.8) is 0 Å². The van der Waals surface area contributed by atoms with Crippen LogP contribution in [0.25, 0.3) is 10.9 Å². The summed E-state index contributed by atoms with van der Waals surface area (Å²) in [5, 5.41) is 12.5. The molecule has 0 unspecified atom stereocenters. The van der Waals surface area contributed by atoms with E-state index in [2.05, 4.69) is 4.98 Å². The van der Waals surface area contributed by atoms with Gasteiger partial charge >= 0.3 is 0 Å². The number of carbonyl (C=O) groups is 2. The molecular weight excluding hydrogens is 474 g/mol. The van der Waals surface area contributed by atoms with Gasteiger partial charge in [0.1, 0.15) is 0 Å². The van der Waals surface area contributed by atoms with Crippen molar-refractivity contribution >= 4 is 34.3 Å². The summed E-state index contributed by atoms with van der Waals surface area (Å²) >= 11 is 6.64. The number of carbonyl (C=O) groups excluding carboxylic acids is 2. The van der Waals surface area contributed by atoms with Gasteiger partial charge in [-0.3, -0.25) is 9.59 Å². The molecule has 2 aliphatic heterocycles. The zero-order valence-electron chi connectivity index (χ0n) is 19.8. The van der Waals surface area contributed by atoms with Crippen molar-refractivity contribution in [3.05, 3.63) is 106 Å². The molecule has 0 aliphatic carbocycles. The number of piperazine rings is 1. The number of aliphatic hydroxyl groups excluding tert-OH is 1. The molecule has 2 N–H and O–H groups in total. The largest absolute Gasteiger partial charge is 0.387 e. The summed E-state index contributed by atoms with van der Waals surface area (Å²) in [4.78, 5) is 34.4. The standard InChI is InChI=1S/C29H26ClN3O3/c1-29-27-26(20-12-6-8-14-23(20)31-27)21(19-11-5-7-13-22(19)30)15-33(29)25(35)17-32(28(29)36)16-24(34)18-9-3-2-4-10-18/h2-14,21,24,31,34H,15-17H2,1H3/t21-,24+,29-/m0/s1. The van der Waals surface area contributed by atoms with E-state index in [0.717, 1.165) is 22.0 Å². The van der Waals surface area contributed by atoms with Gasteiger partial charge in [0.2, 0.25) is 5.91 Å². The molecule has 6 nitrogen and oxygen atoms in total. The number of para-hydroxylation sites is 1. The smallest absolute Gasteiger partial charge is 0.255 e. The molecule has 4 aromatic rings. The summed E-state index contributed by atoms with van der Waals surface area (Å²) in [7, 11) is 0. The average Bonchev–Trinajstić information content (AvgIpc) is 3.29. The van der Waals surface area contributed by atoms with Gasteiger partial charge in [-0.1, -0.05) is 78.3 Å². The lowest BCUT2D eigenvalue weighted by Gasteiger charge is -2.51. The number of halogens is 1. The lowest BCUT2D eigenvalue weighted by molar-refractivity contribution is -0.167. The van der Waals surface area contributed by atoms with Crippen molar-refractivity contribution in [2.45, 2.75) is 24.5 Å². The van der Waals surface area contributed by atoms with E-state index in [1.54, 1.807) is 4.90 Å². The fourth-order valence-corrected chi connectivity index (χ4v) is 6.12. The van der Waals surface area contributed by atoms with Crippen molar-refractivity contribution in [1.82, 2.24) is 14.8 Å². The second-order valence-corrected chi connectivity index (χ2v) is 10.1. The minimum absolute atomic E-state index is 0.0432. The Bertz CT molecular complexity index is 1480. The summed E-state index contributed by atoms with van der Waals surface area (Å²) in [6.07, 6.45) is -0.889. The molecule has 6 rings (SSSR count). The number of rotatable bonds is 4. The molecule has 2 amide bonds. The number of benzene rings is 3. The Hall–Kier alpha value is -3.61. The normalized spacial score (nSPS) is 22.5. The molecule has 3 atom stereocenters. The highest BCUT2D eigenvalue weighted by molar-refractivity contribution is 6.31. The summed E-state index contributed by atoms with van der Waals surface area (Å²) in [5.74, 6) is -0.544. The Morgan fingerprint density at radius 3 is 2.50 bits per heavy atom. The maximum atomic E-state index is 14.1. The van der Waals surface area contributed by atoms with Crippen LogP contribution in [-0.2, 0) is 15.1 Å². The molecule has 2 aliphatic rings. The molecule has 36 heavy (non-hydrogen) atoms. The number of hydrogen-bond acceptors (Lipinski definition) is 3. The highest BCUT2D eigenvalue weighted by atomic mass is 35.5. The first-order valence-electron chi connectivity index (χ1n) is 12.1. The second-order valence-electron chi connectivity index (χ2n) is 9.72. The molecule has 1 aromatic heterocycles. The van der Waals surface area contributed by atoms with Gasteiger partial charge in [-0.25, -0.2) is 0 Å². The summed E-state index contributed by atoms with van der Waals surface area (Å²) < 4.78 is 0. The number of H-pyrrole nitrogens is 1. The molecule has 0 saturated carbocycles. The maximum Gasteiger partial charge on any atom is 0.255 e. The Morgan fingerprint density at radius 1 is 1.03 bits per heavy atom. The first kappa shape index (κ1) is 22.8. The van der Waals surface area contributed by atoms with E-state index < -0.39 is 11.6 Å². The van der Waals surface area contributed by atoms with Crippen LogP contribution in [0, 0.1) is 0 Å². The number of β-amino-alcohol motifs (C(OH)–C–C–N with tert-alkyl or cyclic N) is 1. The van der Waals surface area contributed by atoms with Crippen LogP contribution < -0.4 is 0 Å². The number of nitrogens with zero attached hydrogens (tertiary/aromatic N) is 2. The number of aromatic nitrogens is 1. The molecule has 3 aromatic carbocycles. The van der Waals surface area contributed by atoms with E-state index in [4.69, 9.17) is 11.6 Å². The maximum absolute atomic E-state index is 14.1. The van der Waals surface area contributed by atoms with Crippen LogP contribution in [0.15, 0.2) is 78.9 Å². The summed E-state index contributed by atoms with van der Waals surface area (Å²) in [5.41, 5.74) is 3.01. The van der Waals surface area contributed by atoms with Gasteiger partial charge in [0.15, 0.2) is 5.54 Å². The minimum Gasteiger partial charge on any atom is -0.387 e. The Labute approximate surface area is 214 Å². The van der Waals surface area contributed by atoms with E-state index in [1.165, 1.54) is 4.90 Å². The quantitative estimate of drug-likeness (QED) is 0.431. The van der Waals surface area contributed by atoms with Gasteiger partial charge in [0, 0.05) is 28.4 Å². The van der Waals surface area contributed by atoms with Gasteiger partial charge in [-0.2, -0.15) is 0 Å². The van der Waals surface area contributed by atoms with Gasteiger partial charge in [-0.15, -0.1) is 0 Å². The van der Waals surface area contributed by atoms with E-state index in [0.29, 0.717) is 22.8 Å². The zero-order chi connectivity index (χ0) is 25.0. The van der Waals surface area contributed by atoms with Crippen molar-refractivity contribution in [3.8, 4) is 0 Å². The monoisotopic (exact) mass is 499 g/mol. The lowest BCUT2D eigenvalue weighted by atomic mass is 9.76. The average molecular weight is 500 g/mol. The number of aromatic amines is 1. The molecule has 1 saturated heterocycles. The highest BCUT2D eigenvalue weighted by Crippen LogP contribution is 2.49. The fraction of sp³-hybridized carbons (Fsp3) is 0.241. The number of amides is 2. The predicted octanol–water partition coefficient (Wildman–Crippen LogP) is 4.59. The van der Waals surface area contributed by atoms with E-state index in [9.17, 15) is 14.7 Å². The van der Waals surface area contributed by atoms with Crippen LogP contribution in [0.5, 0.6) is 0 Å². The number of aliphatic hydroxyl groups is 1. The number of nitrogens with one attached hydrogen (secondary N) is 1. The predicted molar refractivity (Wildman–Crippen MR) is 139 cm³/mol. The molecule has 3 heterocycles. The molecule has 1 fully saturated rings. The zero-order valence-corrected chi connectivity index (χ0v) is 20.6. The molecule has 0 bridgehead atoms. The van der Waals surface area contributed by atoms with Gasteiger partial charge in [-0.05, 0) is 35.7 Å². The molecule has 0 radical (unpaired) electrons. The third-order valence-electron chi connectivity index (χ3n) is 7.68. The number of hydrogen-bond donors (Lipinski definition) is 2. The Kier molecular flexibility index (Phi) is 5.39. The van der Waals surface area contributed by atoms with E-state index >= 15 is 0 Å². The molecule has 0 spiro atoms. The number of fused-ring (bicyclic) bond motifs is 5. The third kappa shape index (κ3) is 3.36.